The van der Waals surface area contributed by atoms with Crippen molar-refractivity contribution >= 4 is 5.97 Å². The number of carbonyl (C=O) groups excluding carboxylic acids is 1. The highest BCUT2D eigenvalue weighted by Crippen LogP contribution is 2.14. The van der Waals surface area contributed by atoms with E-state index in [1.54, 1.807) is 24.3 Å². The molecule has 0 heterocycles. The van der Waals surface area contributed by atoms with Crippen molar-refractivity contribution in [2.45, 2.75) is 26.0 Å². The second-order valence-corrected chi connectivity index (χ2v) is 4.55. The molecule has 1 unspecified atom stereocenters. The summed E-state index contributed by atoms with van der Waals surface area (Å²) in [5.41, 5.74) is 0.426. The largest absolute Gasteiger partial charge is 0.491 e. The number of aliphatic hydroxyl groups is 1. The Kier molecular flexibility index (Phi) is 6.32. The van der Waals surface area contributed by atoms with Crippen molar-refractivity contribution in [3.8, 4) is 5.75 Å². The summed E-state index contributed by atoms with van der Waals surface area (Å²) in [5, 5.41) is 12.8. The minimum absolute atomic E-state index is 0.171. The first-order chi connectivity index (χ1) is 9.02. The molecular formula is C14H21NO4. The number of hydrogen-bond donors (Lipinski definition) is 2. The van der Waals surface area contributed by atoms with E-state index in [0.29, 0.717) is 23.9 Å². The lowest BCUT2D eigenvalue weighted by Crippen LogP contribution is -2.35. The number of hydrogen-bond acceptors (Lipinski definition) is 5. The van der Waals surface area contributed by atoms with Crippen LogP contribution in [0.25, 0.3) is 0 Å². The van der Waals surface area contributed by atoms with Gasteiger partial charge in [-0.3, -0.25) is 0 Å². The smallest absolute Gasteiger partial charge is 0.337 e. The molecule has 0 radical (unpaired) electrons. The molecule has 5 heteroatoms. The summed E-state index contributed by atoms with van der Waals surface area (Å²) in [6.07, 6.45) is -0.593. The van der Waals surface area contributed by atoms with Crippen molar-refractivity contribution in [3.63, 3.8) is 0 Å². The Balaban J connectivity index is 2.46. The van der Waals surface area contributed by atoms with Gasteiger partial charge < -0.3 is 19.9 Å². The summed E-state index contributed by atoms with van der Waals surface area (Å²) in [6.45, 7) is 4.65. The van der Waals surface area contributed by atoms with E-state index in [0.717, 1.165) is 0 Å². The van der Waals surface area contributed by atoms with Gasteiger partial charge in [0.2, 0.25) is 0 Å². The summed E-state index contributed by atoms with van der Waals surface area (Å²) in [7, 11) is 1.33. The van der Waals surface area contributed by atoms with E-state index in [4.69, 9.17) is 4.74 Å². The molecule has 106 valence electrons. The highest BCUT2D eigenvalue weighted by atomic mass is 16.5. The van der Waals surface area contributed by atoms with Crippen LogP contribution >= 0.6 is 0 Å². The topological polar surface area (TPSA) is 67.8 Å². The molecule has 1 rings (SSSR count). The second kappa shape index (κ2) is 7.76. The number of rotatable bonds is 7. The lowest BCUT2D eigenvalue weighted by Gasteiger charge is -2.15. The van der Waals surface area contributed by atoms with Gasteiger partial charge in [0.15, 0.2) is 0 Å². The zero-order valence-electron chi connectivity index (χ0n) is 11.6. The average Bonchev–Trinajstić information content (AvgIpc) is 2.42. The van der Waals surface area contributed by atoms with E-state index in [-0.39, 0.29) is 6.61 Å². The molecule has 0 aromatic heterocycles. The van der Waals surface area contributed by atoms with Gasteiger partial charge in [-0.1, -0.05) is 19.9 Å². The van der Waals surface area contributed by atoms with Crippen molar-refractivity contribution < 1.29 is 19.4 Å². The van der Waals surface area contributed by atoms with E-state index in [1.165, 1.54) is 7.11 Å². The first-order valence-corrected chi connectivity index (χ1v) is 6.25. The fraction of sp³-hybridized carbons (Fsp3) is 0.500. The van der Waals surface area contributed by atoms with Crippen LogP contribution in [-0.4, -0.2) is 43.5 Å². The molecule has 1 aromatic carbocycles. The maximum Gasteiger partial charge on any atom is 0.337 e. The Morgan fingerprint density at radius 3 is 2.79 bits per heavy atom. The molecule has 0 saturated heterocycles. The number of carbonyl (C=O) groups is 1. The fourth-order valence-electron chi connectivity index (χ4n) is 1.45. The van der Waals surface area contributed by atoms with E-state index in [1.807, 2.05) is 13.8 Å². The standard InChI is InChI=1S/C14H21NO4/c1-10(2)15-8-12(16)9-19-13-6-4-5-11(7-13)14(17)18-3/h4-7,10,12,15-16H,8-9H2,1-3H3. The maximum absolute atomic E-state index is 11.3. The SMILES string of the molecule is COC(=O)c1cccc(OCC(O)CNC(C)C)c1. The summed E-state index contributed by atoms with van der Waals surface area (Å²) in [6, 6.07) is 7.00. The zero-order valence-corrected chi connectivity index (χ0v) is 11.6. The Labute approximate surface area is 113 Å². The molecule has 0 aliphatic rings. The van der Waals surface area contributed by atoms with E-state index >= 15 is 0 Å². The number of aliphatic hydroxyl groups excluding tert-OH is 1. The quantitative estimate of drug-likeness (QED) is 0.727. The van der Waals surface area contributed by atoms with Gasteiger partial charge in [0.05, 0.1) is 12.7 Å². The molecule has 19 heavy (non-hydrogen) atoms. The molecule has 0 amide bonds. The van der Waals surface area contributed by atoms with Crippen molar-refractivity contribution in [1.29, 1.82) is 0 Å². The lowest BCUT2D eigenvalue weighted by atomic mass is 10.2. The molecule has 5 nitrogen and oxygen atoms in total. The second-order valence-electron chi connectivity index (χ2n) is 4.55. The summed E-state index contributed by atoms with van der Waals surface area (Å²) in [5.74, 6) is 0.124. The first-order valence-electron chi connectivity index (χ1n) is 6.25. The third-order valence-electron chi connectivity index (χ3n) is 2.46. The monoisotopic (exact) mass is 267 g/mol. The Morgan fingerprint density at radius 2 is 2.16 bits per heavy atom. The molecule has 0 saturated carbocycles. The predicted octanol–water partition coefficient (Wildman–Crippen LogP) is 1.21. The van der Waals surface area contributed by atoms with Gasteiger partial charge in [-0.25, -0.2) is 4.79 Å². The molecule has 0 aliphatic carbocycles. The number of nitrogens with one attached hydrogen (secondary N) is 1. The highest BCUT2D eigenvalue weighted by Gasteiger charge is 2.08. The van der Waals surface area contributed by atoms with Crippen LogP contribution in [0, 0.1) is 0 Å². The Bertz CT molecular complexity index is 406. The third-order valence-corrected chi connectivity index (χ3v) is 2.46. The number of esters is 1. The van der Waals surface area contributed by atoms with Gasteiger partial charge in [0.25, 0.3) is 0 Å². The molecule has 0 aliphatic heterocycles. The molecule has 1 atom stereocenters. The van der Waals surface area contributed by atoms with Gasteiger partial charge >= 0.3 is 5.97 Å². The van der Waals surface area contributed by atoms with E-state index in [9.17, 15) is 9.90 Å². The highest BCUT2D eigenvalue weighted by molar-refractivity contribution is 5.89. The van der Waals surface area contributed by atoms with Crippen molar-refractivity contribution in [2.24, 2.45) is 0 Å². The van der Waals surface area contributed by atoms with Gasteiger partial charge in [0, 0.05) is 12.6 Å². The van der Waals surface area contributed by atoms with Crippen LogP contribution < -0.4 is 10.1 Å². The number of methoxy groups -OCH3 is 1. The van der Waals surface area contributed by atoms with Crippen LogP contribution in [-0.2, 0) is 4.74 Å². The molecule has 0 bridgehead atoms. The fourth-order valence-corrected chi connectivity index (χ4v) is 1.45. The number of ether oxygens (including phenoxy) is 2. The van der Waals surface area contributed by atoms with Gasteiger partial charge in [-0.15, -0.1) is 0 Å². The Hall–Kier alpha value is -1.59. The first kappa shape index (κ1) is 15.5. The van der Waals surface area contributed by atoms with Gasteiger partial charge in [0.1, 0.15) is 18.5 Å². The van der Waals surface area contributed by atoms with Crippen LogP contribution in [0.3, 0.4) is 0 Å². The normalized spacial score (nSPS) is 12.3. The lowest BCUT2D eigenvalue weighted by molar-refractivity contribution is 0.0600. The van der Waals surface area contributed by atoms with E-state index < -0.39 is 12.1 Å². The predicted molar refractivity (Wildman–Crippen MR) is 72.4 cm³/mol. The summed E-state index contributed by atoms with van der Waals surface area (Å²) < 4.78 is 10.1. The van der Waals surface area contributed by atoms with Crippen LogP contribution in [0.2, 0.25) is 0 Å². The van der Waals surface area contributed by atoms with E-state index in [2.05, 4.69) is 10.1 Å². The number of benzene rings is 1. The molecule has 0 fully saturated rings. The zero-order chi connectivity index (χ0) is 14.3. The molecular weight excluding hydrogens is 246 g/mol. The average molecular weight is 267 g/mol. The van der Waals surface area contributed by atoms with Gasteiger partial charge in [-0.05, 0) is 18.2 Å². The van der Waals surface area contributed by atoms with Crippen LogP contribution in [0.15, 0.2) is 24.3 Å². The maximum atomic E-state index is 11.3. The van der Waals surface area contributed by atoms with Crippen molar-refractivity contribution in [2.75, 3.05) is 20.3 Å². The third kappa shape index (κ3) is 5.72. The van der Waals surface area contributed by atoms with Crippen LogP contribution in [0.1, 0.15) is 24.2 Å². The molecule has 2 N–H and O–H groups in total. The van der Waals surface area contributed by atoms with Crippen LogP contribution in [0.5, 0.6) is 5.75 Å². The molecule has 0 spiro atoms. The molecule has 1 aromatic rings. The summed E-state index contributed by atoms with van der Waals surface area (Å²) in [4.78, 5) is 11.3. The minimum Gasteiger partial charge on any atom is -0.491 e. The van der Waals surface area contributed by atoms with Gasteiger partial charge in [-0.2, -0.15) is 0 Å². The van der Waals surface area contributed by atoms with Crippen molar-refractivity contribution in [3.05, 3.63) is 29.8 Å². The van der Waals surface area contributed by atoms with Crippen molar-refractivity contribution in [1.82, 2.24) is 5.32 Å². The Morgan fingerprint density at radius 1 is 1.42 bits per heavy atom. The minimum atomic E-state index is -0.593. The van der Waals surface area contributed by atoms with Crippen LogP contribution in [0.4, 0.5) is 0 Å². The summed E-state index contributed by atoms with van der Waals surface area (Å²) >= 11 is 0.